The van der Waals surface area contributed by atoms with Crippen molar-refractivity contribution in [3.05, 3.63) is 11.6 Å². The van der Waals surface area contributed by atoms with Gasteiger partial charge in [-0.05, 0) is 23.8 Å². The molecule has 18 heavy (non-hydrogen) atoms. The fraction of sp³-hybridized carbons (Fsp3) is 0.800. The normalized spacial score (nSPS) is 42.8. The van der Waals surface area contributed by atoms with Crippen LogP contribution in [-0.2, 0) is 14.3 Å². The Morgan fingerprint density at radius 1 is 1.28 bits per heavy atom. The third-order valence-corrected chi connectivity index (χ3v) is 5.64. The molecule has 0 aromatic rings. The quantitative estimate of drug-likeness (QED) is 0.663. The van der Waals surface area contributed by atoms with Gasteiger partial charge in [0, 0.05) is 18.8 Å². The second-order valence-corrected chi connectivity index (χ2v) is 6.25. The highest BCUT2D eigenvalue weighted by Crippen LogP contribution is 2.58. The molecule has 1 saturated carbocycles. The zero-order valence-electron chi connectivity index (χ0n) is 11.5. The van der Waals surface area contributed by atoms with Crippen LogP contribution in [0.2, 0.25) is 0 Å². The van der Waals surface area contributed by atoms with Crippen LogP contribution >= 0.6 is 0 Å². The summed E-state index contributed by atoms with van der Waals surface area (Å²) in [7, 11) is 0. The second kappa shape index (κ2) is 3.91. The maximum Gasteiger partial charge on any atom is 0.172 e. The molecule has 0 unspecified atom stereocenters. The van der Waals surface area contributed by atoms with Crippen molar-refractivity contribution in [1.82, 2.24) is 0 Å². The van der Waals surface area contributed by atoms with E-state index in [4.69, 9.17) is 9.47 Å². The summed E-state index contributed by atoms with van der Waals surface area (Å²) in [4.78, 5) is 11.8. The Balaban J connectivity index is 2.02. The van der Waals surface area contributed by atoms with Crippen LogP contribution in [0.1, 0.15) is 40.0 Å². The molecule has 2 fully saturated rings. The van der Waals surface area contributed by atoms with Gasteiger partial charge in [0.1, 0.15) is 0 Å². The first-order valence-electron chi connectivity index (χ1n) is 7.01. The number of fused-ring (bicyclic) bond motifs is 1. The first-order chi connectivity index (χ1) is 8.49. The average Bonchev–Trinajstić information content (AvgIpc) is 2.79. The number of ketones is 1. The smallest absolute Gasteiger partial charge is 0.172 e. The molecule has 1 saturated heterocycles. The zero-order chi connectivity index (χ0) is 13.0. The van der Waals surface area contributed by atoms with Gasteiger partial charge < -0.3 is 9.47 Å². The van der Waals surface area contributed by atoms with Crippen molar-refractivity contribution < 1.29 is 14.3 Å². The molecule has 3 atom stereocenters. The number of carbonyl (C=O) groups excluding carboxylic acids is 1. The van der Waals surface area contributed by atoms with E-state index in [-0.39, 0.29) is 11.2 Å². The second-order valence-electron chi connectivity index (χ2n) is 6.25. The third-order valence-electron chi connectivity index (χ3n) is 5.64. The van der Waals surface area contributed by atoms with Crippen LogP contribution in [0, 0.1) is 17.3 Å². The number of allylic oxidation sites excluding steroid dienone is 2. The molecule has 3 nitrogen and oxygen atoms in total. The molecule has 0 bridgehead atoms. The maximum atomic E-state index is 11.8. The summed E-state index contributed by atoms with van der Waals surface area (Å²) in [5.41, 5.74) is 1.35. The minimum Gasteiger partial charge on any atom is -0.347 e. The predicted molar refractivity (Wildman–Crippen MR) is 68.0 cm³/mol. The van der Waals surface area contributed by atoms with Gasteiger partial charge in [-0.15, -0.1) is 0 Å². The van der Waals surface area contributed by atoms with Crippen molar-refractivity contribution in [2.24, 2.45) is 17.3 Å². The predicted octanol–water partition coefficient (Wildman–Crippen LogP) is 2.70. The lowest BCUT2D eigenvalue weighted by atomic mass is 9.54. The van der Waals surface area contributed by atoms with E-state index in [9.17, 15) is 4.79 Å². The largest absolute Gasteiger partial charge is 0.347 e. The molecule has 0 N–H and O–H groups in total. The van der Waals surface area contributed by atoms with E-state index in [0.717, 1.165) is 12.8 Å². The fourth-order valence-electron chi connectivity index (χ4n) is 4.13. The van der Waals surface area contributed by atoms with Crippen LogP contribution < -0.4 is 0 Å². The van der Waals surface area contributed by atoms with Crippen LogP contribution in [0.25, 0.3) is 0 Å². The Kier molecular flexibility index (Phi) is 2.69. The number of rotatable bonds is 0. The number of hydrogen-bond acceptors (Lipinski definition) is 3. The summed E-state index contributed by atoms with van der Waals surface area (Å²) < 4.78 is 11.9. The van der Waals surface area contributed by atoms with Gasteiger partial charge in [0.25, 0.3) is 0 Å². The number of hydrogen-bond donors (Lipinski definition) is 0. The van der Waals surface area contributed by atoms with Crippen molar-refractivity contribution in [1.29, 1.82) is 0 Å². The average molecular weight is 250 g/mol. The standard InChI is InChI=1S/C15H22O3/c1-10-8-13(16)9-12-4-5-15(17-6-7-18-15)11(2)14(10,12)3/h9-11H,4-8H2,1-3H3/t10-,11+,14+/m0/s1. The summed E-state index contributed by atoms with van der Waals surface area (Å²) >= 11 is 0. The lowest BCUT2D eigenvalue weighted by Gasteiger charge is -2.54. The van der Waals surface area contributed by atoms with Gasteiger partial charge in [0.05, 0.1) is 13.2 Å². The lowest BCUT2D eigenvalue weighted by molar-refractivity contribution is -0.233. The molecule has 0 aromatic heterocycles. The highest BCUT2D eigenvalue weighted by atomic mass is 16.7. The van der Waals surface area contributed by atoms with Crippen molar-refractivity contribution >= 4 is 5.78 Å². The maximum absolute atomic E-state index is 11.8. The van der Waals surface area contributed by atoms with Gasteiger partial charge in [-0.2, -0.15) is 0 Å². The fourth-order valence-corrected chi connectivity index (χ4v) is 4.13. The molecule has 0 amide bonds. The van der Waals surface area contributed by atoms with E-state index in [1.54, 1.807) is 0 Å². The molecule has 1 spiro atoms. The zero-order valence-corrected chi connectivity index (χ0v) is 11.5. The van der Waals surface area contributed by atoms with Crippen LogP contribution in [0.3, 0.4) is 0 Å². The molecule has 1 heterocycles. The summed E-state index contributed by atoms with van der Waals surface area (Å²) in [6.07, 6.45) is 4.35. The van der Waals surface area contributed by atoms with E-state index < -0.39 is 5.79 Å². The molecule has 0 aromatic carbocycles. The van der Waals surface area contributed by atoms with Crippen LogP contribution in [-0.4, -0.2) is 24.8 Å². The number of carbonyl (C=O) groups is 1. The Morgan fingerprint density at radius 3 is 2.61 bits per heavy atom. The van der Waals surface area contributed by atoms with Crippen molar-refractivity contribution in [3.8, 4) is 0 Å². The molecule has 100 valence electrons. The van der Waals surface area contributed by atoms with E-state index in [1.165, 1.54) is 5.57 Å². The number of ether oxygens (including phenoxy) is 2. The monoisotopic (exact) mass is 250 g/mol. The summed E-state index contributed by atoms with van der Waals surface area (Å²) in [6, 6.07) is 0. The Morgan fingerprint density at radius 2 is 1.94 bits per heavy atom. The van der Waals surface area contributed by atoms with Crippen molar-refractivity contribution in [3.63, 3.8) is 0 Å². The van der Waals surface area contributed by atoms with Gasteiger partial charge in [-0.25, -0.2) is 0 Å². The SMILES string of the molecule is C[C@H]1CC(=O)C=C2CCC3(OCCO3)[C@H](C)[C@]21C. The van der Waals surface area contributed by atoms with Gasteiger partial charge in [0.15, 0.2) is 11.6 Å². The molecule has 2 aliphatic carbocycles. The van der Waals surface area contributed by atoms with E-state index in [2.05, 4.69) is 20.8 Å². The molecule has 3 rings (SSSR count). The van der Waals surface area contributed by atoms with Crippen LogP contribution in [0.5, 0.6) is 0 Å². The third kappa shape index (κ3) is 1.47. The van der Waals surface area contributed by atoms with Gasteiger partial charge >= 0.3 is 0 Å². The molecular formula is C15H22O3. The van der Waals surface area contributed by atoms with Gasteiger partial charge in [-0.3, -0.25) is 4.79 Å². The van der Waals surface area contributed by atoms with E-state index in [0.29, 0.717) is 31.5 Å². The Bertz CT molecular complexity index is 406. The molecule has 3 aliphatic rings. The molecule has 3 heteroatoms. The van der Waals surface area contributed by atoms with Crippen LogP contribution in [0.15, 0.2) is 11.6 Å². The molecule has 0 radical (unpaired) electrons. The highest BCUT2D eigenvalue weighted by molar-refractivity contribution is 5.92. The minimum atomic E-state index is -0.402. The Labute approximate surface area is 109 Å². The molecule has 1 aliphatic heterocycles. The lowest BCUT2D eigenvalue weighted by Crippen LogP contribution is -2.54. The first kappa shape index (κ1) is 12.4. The minimum absolute atomic E-state index is 0.0382. The van der Waals surface area contributed by atoms with Crippen molar-refractivity contribution in [2.45, 2.75) is 45.8 Å². The van der Waals surface area contributed by atoms with Crippen molar-refractivity contribution in [2.75, 3.05) is 13.2 Å². The van der Waals surface area contributed by atoms with Crippen LogP contribution in [0.4, 0.5) is 0 Å². The molecular weight excluding hydrogens is 228 g/mol. The highest BCUT2D eigenvalue weighted by Gasteiger charge is 2.57. The summed E-state index contributed by atoms with van der Waals surface area (Å²) in [6.45, 7) is 8.10. The topological polar surface area (TPSA) is 35.5 Å². The summed E-state index contributed by atoms with van der Waals surface area (Å²) in [5, 5.41) is 0. The van der Waals surface area contributed by atoms with Gasteiger partial charge in [0.2, 0.25) is 0 Å². The summed E-state index contributed by atoms with van der Waals surface area (Å²) in [5.74, 6) is 0.549. The van der Waals surface area contributed by atoms with E-state index in [1.807, 2.05) is 6.08 Å². The van der Waals surface area contributed by atoms with Gasteiger partial charge in [-0.1, -0.05) is 26.3 Å². The van der Waals surface area contributed by atoms with E-state index >= 15 is 0 Å². The first-order valence-corrected chi connectivity index (χ1v) is 7.01. The Hall–Kier alpha value is -0.670.